The van der Waals surface area contributed by atoms with Crippen molar-refractivity contribution < 1.29 is 9.84 Å². The van der Waals surface area contributed by atoms with Gasteiger partial charge in [0.25, 0.3) is 0 Å². The molecule has 86 valence electrons. The van der Waals surface area contributed by atoms with E-state index in [1.807, 2.05) is 0 Å². The van der Waals surface area contributed by atoms with E-state index in [4.69, 9.17) is 9.84 Å². The molecule has 2 nitrogen and oxygen atoms in total. The number of rotatable bonds is 9. The molecule has 0 saturated carbocycles. The van der Waals surface area contributed by atoms with Gasteiger partial charge in [-0.1, -0.05) is 40.0 Å². The van der Waals surface area contributed by atoms with Gasteiger partial charge in [0.1, 0.15) is 0 Å². The Kier molecular flexibility index (Phi) is 9.42. The van der Waals surface area contributed by atoms with Crippen molar-refractivity contribution in [2.45, 2.75) is 59.0 Å². The second kappa shape index (κ2) is 9.47. The maximum absolute atomic E-state index is 9.05. The van der Waals surface area contributed by atoms with Gasteiger partial charge in [0.15, 0.2) is 0 Å². The molecule has 0 aliphatic rings. The van der Waals surface area contributed by atoms with Crippen molar-refractivity contribution in [1.82, 2.24) is 0 Å². The average molecular weight is 202 g/mol. The van der Waals surface area contributed by atoms with E-state index in [0.29, 0.717) is 0 Å². The lowest BCUT2D eigenvalue weighted by molar-refractivity contribution is 0.00179. The van der Waals surface area contributed by atoms with Gasteiger partial charge in [0, 0.05) is 6.61 Å². The van der Waals surface area contributed by atoms with Crippen molar-refractivity contribution in [2.24, 2.45) is 5.92 Å². The highest BCUT2D eigenvalue weighted by molar-refractivity contribution is 4.57. The van der Waals surface area contributed by atoms with E-state index >= 15 is 0 Å². The topological polar surface area (TPSA) is 29.5 Å². The average Bonchev–Trinajstić information content (AvgIpc) is 2.22. The molecule has 0 rings (SSSR count). The number of hydrogen-bond donors (Lipinski definition) is 1. The lowest BCUT2D eigenvalue weighted by Crippen LogP contribution is -2.19. The summed E-state index contributed by atoms with van der Waals surface area (Å²) in [5.41, 5.74) is 0. The molecule has 0 fully saturated rings. The minimum Gasteiger partial charge on any atom is -0.394 e. The van der Waals surface area contributed by atoms with Crippen LogP contribution >= 0.6 is 0 Å². The van der Waals surface area contributed by atoms with E-state index in [-0.39, 0.29) is 12.7 Å². The van der Waals surface area contributed by atoms with E-state index in [0.717, 1.165) is 31.8 Å². The summed E-state index contributed by atoms with van der Waals surface area (Å²) < 4.78 is 5.62. The van der Waals surface area contributed by atoms with Gasteiger partial charge < -0.3 is 9.84 Å². The van der Waals surface area contributed by atoms with Gasteiger partial charge in [0.05, 0.1) is 12.7 Å². The van der Waals surface area contributed by atoms with Crippen molar-refractivity contribution in [3.8, 4) is 0 Å². The summed E-state index contributed by atoms with van der Waals surface area (Å²) in [7, 11) is 0. The monoisotopic (exact) mass is 202 g/mol. The smallest absolute Gasteiger partial charge is 0.0805 e. The Balaban J connectivity index is 3.42. The van der Waals surface area contributed by atoms with E-state index in [1.165, 1.54) is 12.8 Å². The summed E-state index contributed by atoms with van der Waals surface area (Å²) in [4.78, 5) is 0. The Morgan fingerprint density at radius 3 is 2.43 bits per heavy atom. The van der Waals surface area contributed by atoms with Crippen molar-refractivity contribution in [3.63, 3.8) is 0 Å². The number of aliphatic hydroxyl groups excluding tert-OH is 1. The molecule has 0 spiro atoms. The second-order valence-electron chi connectivity index (χ2n) is 4.12. The molecule has 0 aliphatic carbocycles. The second-order valence-corrected chi connectivity index (χ2v) is 4.12. The SMILES string of the molecule is CCCCC(CO)OCCC(C)CC. The molecule has 2 atom stereocenters. The lowest BCUT2D eigenvalue weighted by Gasteiger charge is -2.16. The van der Waals surface area contributed by atoms with Gasteiger partial charge in [-0.3, -0.25) is 0 Å². The molecule has 1 N–H and O–H groups in total. The number of hydrogen-bond acceptors (Lipinski definition) is 2. The molecule has 0 aromatic heterocycles. The van der Waals surface area contributed by atoms with Crippen LogP contribution in [-0.2, 0) is 4.74 Å². The van der Waals surface area contributed by atoms with E-state index in [2.05, 4.69) is 20.8 Å². The van der Waals surface area contributed by atoms with Crippen LogP contribution in [0.25, 0.3) is 0 Å². The van der Waals surface area contributed by atoms with Crippen LogP contribution in [0.15, 0.2) is 0 Å². The zero-order valence-electron chi connectivity index (χ0n) is 9.96. The molecule has 0 radical (unpaired) electrons. The van der Waals surface area contributed by atoms with Gasteiger partial charge in [0.2, 0.25) is 0 Å². The molecule has 0 aromatic rings. The fraction of sp³-hybridized carbons (Fsp3) is 1.00. The molecule has 0 aromatic carbocycles. The third kappa shape index (κ3) is 7.34. The first-order valence-electron chi connectivity index (χ1n) is 5.97. The first-order valence-corrected chi connectivity index (χ1v) is 5.97. The van der Waals surface area contributed by atoms with E-state index < -0.39 is 0 Å². The molecule has 0 saturated heterocycles. The first kappa shape index (κ1) is 13.9. The van der Waals surface area contributed by atoms with Crippen LogP contribution in [0.2, 0.25) is 0 Å². The lowest BCUT2D eigenvalue weighted by atomic mass is 10.1. The maximum Gasteiger partial charge on any atom is 0.0805 e. The van der Waals surface area contributed by atoms with Crippen LogP contribution in [0.1, 0.15) is 52.9 Å². The van der Waals surface area contributed by atoms with E-state index in [1.54, 1.807) is 0 Å². The highest BCUT2D eigenvalue weighted by atomic mass is 16.5. The van der Waals surface area contributed by atoms with Gasteiger partial charge in [-0.2, -0.15) is 0 Å². The van der Waals surface area contributed by atoms with Gasteiger partial charge in [-0.15, -0.1) is 0 Å². The minimum absolute atomic E-state index is 0.0685. The quantitative estimate of drug-likeness (QED) is 0.623. The third-order valence-corrected chi connectivity index (χ3v) is 2.74. The van der Waals surface area contributed by atoms with Crippen LogP contribution in [0.4, 0.5) is 0 Å². The van der Waals surface area contributed by atoms with Crippen LogP contribution in [0.5, 0.6) is 0 Å². The summed E-state index contributed by atoms with van der Waals surface area (Å²) in [6.07, 6.45) is 5.70. The highest BCUT2D eigenvalue weighted by Gasteiger charge is 2.07. The fourth-order valence-electron chi connectivity index (χ4n) is 1.30. The summed E-state index contributed by atoms with van der Waals surface area (Å²) in [5.74, 6) is 0.737. The molecule has 0 amide bonds. The number of ether oxygens (including phenoxy) is 1. The summed E-state index contributed by atoms with van der Waals surface area (Å²) in [5, 5.41) is 9.05. The fourth-order valence-corrected chi connectivity index (χ4v) is 1.30. The van der Waals surface area contributed by atoms with Crippen molar-refractivity contribution in [1.29, 1.82) is 0 Å². The Morgan fingerprint density at radius 2 is 1.93 bits per heavy atom. The predicted molar refractivity (Wildman–Crippen MR) is 60.4 cm³/mol. The molecule has 2 unspecified atom stereocenters. The largest absolute Gasteiger partial charge is 0.394 e. The van der Waals surface area contributed by atoms with E-state index in [9.17, 15) is 0 Å². The predicted octanol–water partition coefficient (Wildman–Crippen LogP) is 2.99. The normalized spacial score (nSPS) is 15.4. The van der Waals surface area contributed by atoms with Gasteiger partial charge in [-0.05, 0) is 18.8 Å². The van der Waals surface area contributed by atoms with Crippen molar-refractivity contribution >= 4 is 0 Å². The molecule has 0 aliphatic heterocycles. The van der Waals surface area contributed by atoms with Crippen LogP contribution in [-0.4, -0.2) is 24.4 Å². The third-order valence-electron chi connectivity index (χ3n) is 2.74. The Labute approximate surface area is 88.7 Å². The first-order chi connectivity index (χ1) is 6.74. The van der Waals surface area contributed by atoms with Crippen molar-refractivity contribution in [3.05, 3.63) is 0 Å². The summed E-state index contributed by atoms with van der Waals surface area (Å²) >= 11 is 0. The molecule has 14 heavy (non-hydrogen) atoms. The summed E-state index contributed by atoms with van der Waals surface area (Å²) in [6, 6.07) is 0. The molecular formula is C12H26O2. The Morgan fingerprint density at radius 1 is 1.21 bits per heavy atom. The molecule has 0 heterocycles. The zero-order valence-corrected chi connectivity index (χ0v) is 9.96. The van der Waals surface area contributed by atoms with Crippen molar-refractivity contribution in [2.75, 3.05) is 13.2 Å². The summed E-state index contributed by atoms with van der Waals surface area (Å²) in [6.45, 7) is 7.56. The number of aliphatic hydroxyl groups is 1. The van der Waals surface area contributed by atoms with Crippen LogP contribution < -0.4 is 0 Å². The molecule has 0 bridgehead atoms. The Hall–Kier alpha value is -0.0800. The van der Waals surface area contributed by atoms with Crippen LogP contribution in [0, 0.1) is 5.92 Å². The molecule has 2 heteroatoms. The zero-order chi connectivity index (χ0) is 10.8. The Bertz CT molecular complexity index is 115. The minimum atomic E-state index is 0.0685. The molecular weight excluding hydrogens is 176 g/mol. The highest BCUT2D eigenvalue weighted by Crippen LogP contribution is 2.09. The standard InChI is InChI=1S/C12H26O2/c1-4-6-7-12(10-13)14-9-8-11(3)5-2/h11-13H,4-10H2,1-3H3. The van der Waals surface area contributed by atoms with Gasteiger partial charge >= 0.3 is 0 Å². The maximum atomic E-state index is 9.05. The number of unbranched alkanes of at least 4 members (excludes halogenated alkanes) is 1. The van der Waals surface area contributed by atoms with Crippen LogP contribution in [0.3, 0.4) is 0 Å². The van der Waals surface area contributed by atoms with Gasteiger partial charge in [-0.25, -0.2) is 0 Å².